The molecule has 0 unspecified atom stereocenters. The lowest BCUT2D eigenvalue weighted by Gasteiger charge is -2.11. The molecule has 0 aliphatic carbocycles. The van der Waals surface area contributed by atoms with Gasteiger partial charge < -0.3 is 16.0 Å². The Morgan fingerprint density at radius 1 is 1.00 bits per heavy atom. The zero-order valence-electron chi connectivity index (χ0n) is 14.7. The molecule has 0 atom stereocenters. The molecule has 26 heavy (non-hydrogen) atoms. The number of carbonyl (C=O) groups is 2. The van der Waals surface area contributed by atoms with Crippen molar-refractivity contribution in [3.63, 3.8) is 0 Å². The maximum atomic E-state index is 13.5. The molecular weight excluding hydrogens is 353 g/mol. The fraction of sp³-hybridized carbons (Fsp3) is 0.263. The molecule has 0 aromatic heterocycles. The van der Waals surface area contributed by atoms with Gasteiger partial charge >= 0.3 is 6.03 Å². The summed E-state index contributed by atoms with van der Waals surface area (Å²) in [6.07, 6.45) is 0.274. The van der Waals surface area contributed by atoms with E-state index in [2.05, 4.69) is 16.0 Å². The van der Waals surface area contributed by atoms with Crippen molar-refractivity contribution in [2.75, 3.05) is 16.4 Å². The van der Waals surface area contributed by atoms with E-state index in [0.29, 0.717) is 22.0 Å². The van der Waals surface area contributed by atoms with Crippen LogP contribution in [0.2, 0.25) is 0 Å². The standard InChI is InChI=1S/C19H22FN3O2S/c1-13(2)21-19(25)23-15-9-7-14(8-10-15)22-18(24)11-12-26-17-6-4-3-5-16(17)20/h3-10,13H,11-12H2,1-2H3,(H,22,24)(H2,21,23,25). The molecule has 0 spiro atoms. The van der Waals surface area contributed by atoms with Crippen molar-refractivity contribution < 1.29 is 14.0 Å². The predicted molar refractivity (Wildman–Crippen MR) is 104 cm³/mol. The van der Waals surface area contributed by atoms with E-state index in [-0.39, 0.29) is 30.2 Å². The summed E-state index contributed by atoms with van der Waals surface area (Å²) in [5, 5.41) is 8.22. The first kappa shape index (κ1) is 19.8. The summed E-state index contributed by atoms with van der Waals surface area (Å²) in [6, 6.07) is 13.1. The van der Waals surface area contributed by atoms with Crippen LogP contribution >= 0.6 is 11.8 Å². The van der Waals surface area contributed by atoms with Gasteiger partial charge in [0.05, 0.1) is 0 Å². The van der Waals surface area contributed by atoms with Crippen molar-refractivity contribution in [1.82, 2.24) is 5.32 Å². The van der Waals surface area contributed by atoms with Gasteiger partial charge in [0, 0.05) is 34.5 Å². The van der Waals surface area contributed by atoms with Crippen LogP contribution in [0.25, 0.3) is 0 Å². The fourth-order valence-electron chi connectivity index (χ4n) is 2.11. The van der Waals surface area contributed by atoms with Crippen LogP contribution < -0.4 is 16.0 Å². The summed E-state index contributed by atoms with van der Waals surface area (Å²) < 4.78 is 13.5. The Bertz CT molecular complexity index is 751. The molecule has 0 aliphatic rings. The van der Waals surface area contributed by atoms with E-state index >= 15 is 0 Å². The molecule has 0 saturated heterocycles. The summed E-state index contributed by atoms with van der Waals surface area (Å²) in [4.78, 5) is 24.1. The molecule has 138 valence electrons. The number of rotatable bonds is 7. The lowest BCUT2D eigenvalue weighted by Crippen LogP contribution is -2.34. The van der Waals surface area contributed by atoms with Crippen molar-refractivity contribution in [2.24, 2.45) is 0 Å². The zero-order valence-corrected chi connectivity index (χ0v) is 15.5. The highest BCUT2D eigenvalue weighted by Gasteiger charge is 2.07. The molecule has 0 fully saturated rings. The van der Waals surface area contributed by atoms with Crippen molar-refractivity contribution >= 4 is 35.1 Å². The number of urea groups is 1. The van der Waals surface area contributed by atoms with E-state index in [9.17, 15) is 14.0 Å². The van der Waals surface area contributed by atoms with Crippen LogP contribution in [0, 0.1) is 5.82 Å². The Kier molecular flexibility index (Phi) is 7.47. The minimum Gasteiger partial charge on any atom is -0.336 e. The summed E-state index contributed by atoms with van der Waals surface area (Å²) >= 11 is 1.31. The normalized spacial score (nSPS) is 10.5. The molecule has 0 bridgehead atoms. The number of anilines is 2. The van der Waals surface area contributed by atoms with Gasteiger partial charge in [0.15, 0.2) is 0 Å². The first-order valence-electron chi connectivity index (χ1n) is 8.29. The van der Waals surface area contributed by atoms with Crippen LogP contribution in [-0.4, -0.2) is 23.7 Å². The number of halogens is 1. The second-order valence-corrected chi connectivity index (χ2v) is 7.04. The van der Waals surface area contributed by atoms with Gasteiger partial charge in [-0.05, 0) is 50.2 Å². The van der Waals surface area contributed by atoms with E-state index in [4.69, 9.17) is 0 Å². The molecule has 2 aromatic carbocycles. The molecule has 3 N–H and O–H groups in total. The fourth-order valence-corrected chi connectivity index (χ4v) is 2.99. The third-order valence-corrected chi connectivity index (χ3v) is 4.32. The minimum absolute atomic E-state index is 0.0517. The van der Waals surface area contributed by atoms with E-state index in [1.165, 1.54) is 17.8 Å². The second kappa shape index (κ2) is 9.82. The molecule has 5 nitrogen and oxygen atoms in total. The number of hydrogen-bond acceptors (Lipinski definition) is 3. The summed E-state index contributed by atoms with van der Waals surface area (Å²) in [7, 11) is 0. The van der Waals surface area contributed by atoms with Crippen molar-refractivity contribution in [2.45, 2.75) is 31.2 Å². The molecule has 7 heteroatoms. The third kappa shape index (κ3) is 6.76. The van der Waals surface area contributed by atoms with E-state index < -0.39 is 0 Å². The van der Waals surface area contributed by atoms with Crippen LogP contribution in [0.4, 0.5) is 20.6 Å². The molecule has 0 radical (unpaired) electrons. The number of carbonyl (C=O) groups excluding carboxylic acids is 2. The quantitative estimate of drug-likeness (QED) is 0.625. The maximum Gasteiger partial charge on any atom is 0.319 e. The topological polar surface area (TPSA) is 70.2 Å². The van der Waals surface area contributed by atoms with E-state index in [1.54, 1.807) is 42.5 Å². The first-order valence-corrected chi connectivity index (χ1v) is 9.27. The van der Waals surface area contributed by atoms with Crippen LogP contribution in [0.3, 0.4) is 0 Å². The van der Waals surface area contributed by atoms with E-state index in [0.717, 1.165) is 0 Å². The van der Waals surface area contributed by atoms with Crippen molar-refractivity contribution in [3.05, 3.63) is 54.3 Å². The van der Waals surface area contributed by atoms with Crippen LogP contribution in [0.1, 0.15) is 20.3 Å². The van der Waals surface area contributed by atoms with E-state index in [1.807, 2.05) is 13.8 Å². The number of nitrogens with one attached hydrogen (secondary N) is 3. The largest absolute Gasteiger partial charge is 0.336 e. The van der Waals surface area contributed by atoms with Gasteiger partial charge in [-0.3, -0.25) is 4.79 Å². The Hall–Kier alpha value is -2.54. The van der Waals surface area contributed by atoms with Gasteiger partial charge in [-0.1, -0.05) is 12.1 Å². The van der Waals surface area contributed by atoms with Gasteiger partial charge in [0.25, 0.3) is 0 Å². The van der Waals surface area contributed by atoms with Crippen molar-refractivity contribution in [3.8, 4) is 0 Å². The van der Waals surface area contributed by atoms with Gasteiger partial charge in [-0.2, -0.15) is 0 Å². The molecule has 0 heterocycles. The SMILES string of the molecule is CC(C)NC(=O)Nc1ccc(NC(=O)CCSc2ccccc2F)cc1. The average Bonchev–Trinajstić information content (AvgIpc) is 2.57. The number of hydrogen-bond donors (Lipinski definition) is 3. The van der Waals surface area contributed by atoms with Crippen LogP contribution in [0.15, 0.2) is 53.4 Å². The molecule has 2 aromatic rings. The Labute approximate surface area is 156 Å². The monoisotopic (exact) mass is 375 g/mol. The highest BCUT2D eigenvalue weighted by molar-refractivity contribution is 7.99. The first-order chi connectivity index (χ1) is 12.4. The molecule has 3 amide bonds. The van der Waals surface area contributed by atoms with Crippen LogP contribution in [0.5, 0.6) is 0 Å². The Morgan fingerprint density at radius 3 is 2.23 bits per heavy atom. The highest BCUT2D eigenvalue weighted by atomic mass is 32.2. The average molecular weight is 375 g/mol. The molecule has 0 saturated carbocycles. The predicted octanol–water partition coefficient (Wildman–Crippen LogP) is 4.48. The maximum absolute atomic E-state index is 13.5. The molecule has 2 rings (SSSR count). The van der Waals surface area contributed by atoms with Gasteiger partial charge in [0.2, 0.25) is 5.91 Å². The number of thioether (sulfide) groups is 1. The summed E-state index contributed by atoms with van der Waals surface area (Å²) in [5.74, 6) is 0.0662. The number of benzene rings is 2. The summed E-state index contributed by atoms with van der Waals surface area (Å²) in [6.45, 7) is 3.76. The van der Waals surface area contributed by atoms with Crippen molar-refractivity contribution in [1.29, 1.82) is 0 Å². The summed E-state index contributed by atoms with van der Waals surface area (Å²) in [5.41, 5.74) is 1.27. The second-order valence-electron chi connectivity index (χ2n) is 5.91. The lowest BCUT2D eigenvalue weighted by atomic mass is 10.2. The third-order valence-electron chi connectivity index (χ3n) is 3.27. The molecular formula is C19H22FN3O2S. The highest BCUT2D eigenvalue weighted by Crippen LogP contribution is 2.22. The van der Waals surface area contributed by atoms with Crippen LogP contribution in [-0.2, 0) is 4.79 Å². The smallest absolute Gasteiger partial charge is 0.319 e. The van der Waals surface area contributed by atoms with Gasteiger partial charge in [0.1, 0.15) is 5.82 Å². The van der Waals surface area contributed by atoms with Gasteiger partial charge in [-0.15, -0.1) is 11.8 Å². The number of amides is 3. The Balaban J connectivity index is 1.76. The molecule has 0 aliphatic heterocycles. The zero-order chi connectivity index (χ0) is 18.9. The lowest BCUT2D eigenvalue weighted by molar-refractivity contribution is -0.115. The van der Waals surface area contributed by atoms with Gasteiger partial charge in [-0.25, -0.2) is 9.18 Å². The minimum atomic E-state index is -0.276. The Morgan fingerprint density at radius 2 is 1.62 bits per heavy atom.